The van der Waals surface area contributed by atoms with Crippen molar-refractivity contribution in [2.45, 2.75) is 310 Å². The molecule has 6 nitrogen and oxygen atoms in total. The first kappa shape index (κ1) is 63.6. The summed E-state index contributed by atoms with van der Waals surface area (Å²) in [5, 5.41) is 30.6. The van der Waals surface area contributed by atoms with Gasteiger partial charge in [0.1, 0.15) is 0 Å². The number of carboxylic acid groups (broad SMARTS) is 3. The Morgan fingerprint density at radius 3 is 0.431 bits per heavy atom. The van der Waals surface area contributed by atoms with Crippen LogP contribution in [0.4, 0.5) is 0 Å². The van der Waals surface area contributed by atoms with Crippen molar-refractivity contribution in [3.63, 3.8) is 0 Å². The number of hydrogen-bond donors (Lipinski definition) is 0. The highest BCUT2D eigenvalue weighted by atomic mass is 27.0. The van der Waals surface area contributed by atoms with Gasteiger partial charge >= 0.3 is 0 Å². The highest BCUT2D eigenvalue weighted by Gasteiger charge is 1.97. The third-order valence-corrected chi connectivity index (χ3v) is 11.2. The van der Waals surface area contributed by atoms with Gasteiger partial charge in [0.05, 0.1) is 0 Å². The minimum Gasteiger partial charge on any atom is -0.550 e. The van der Waals surface area contributed by atoms with Crippen LogP contribution in [-0.4, -0.2) is 35.3 Å². The highest BCUT2D eigenvalue weighted by Crippen LogP contribution is 2.16. The number of hydrogen-bond acceptors (Lipinski definition) is 6. The van der Waals surface area contributed by atoms with E-state index in [1.165, 1.54) is 231 Å². The number of carbonyl (C=O) groups is 3. The highest BCUT2D eigenvalue weighted by molar-refractivity contribution is 5.75. The summed E-state index contributed by atoms with van der Waals surface area (Å²) in [6, 6.07) is 0. The molecule has 0 aliphatic rings. The van der Waals surface area contributed by atoms with Gasteiger partial charge in [-0.2, -0.15) is 0 Å². The summed E-state index contributed by atoms with van der Waals surface area (Å²) in [6.07, 6.45) is 55.2. The maximum Gasteiger partial charge on any atom is 0.0414 e. The summed E-state index contributed by atoms with van der Waals surface area (Å²) >= 11 is 0. The minimum atomic E-state index is -0.904. The summed E-state index contributed by atoms with van der Waals surface area (Å²) in [5.74, 6) is -2.71. The maximum atomic E-state index is 10.2. The van der Waals surface area contributed by atoms with E-state index in [4.69, 9.17) is 0 Å². The van der Waals surface area contributed by atoms with E-state index < -0.39 is 17.9 Å². The SMILES string of the molecule is CCCCCCCCCCCCCCCCC(=O)[O-].CCCCCCCCCCCCCCCCC(=O)[O-].CCCCCCCCCCCCCCCCC(=O)[O-].[Al]. The van der Waals surface area contributed by atoms with E-state index in [0.717, 1.165) is 38.5 Å². The minimum absolute atomic E-state index is 0. The Balaban J connectivity index is -0.000000374. The standard InChI is InChI=1S/3C17H34O2.Al/c3*1-2-3-4-5-6-7-8-9-10-11-12-13-14-15-16-17(18)19;/h3*2-16H2,1H3,(H,18,19);/p-3. The van der Waals surface area contributed by atoms with Crippen LogP contribution in [0.2, 0.25) is 0 Å². The van der Waals surface area contributed by atoms with Crippen molar-refractivity contribution in [3.8, 4) is 0 Å². The number of unbranched alkanes of at least 4 members (excludes halogenated alkanes) is 39. The van der Waals surface area contributed by atoms with Gasteiger partial charge in [-0.1, -0.05) is 271 Å². The zero-order valence-electron chi connectivity index (χ0n) is 39.3. The van der Waals surface area contributed by atoms with Crippen LogP contribution in [0.3, 0.4) is 0 Å². The first-order valence-electron chi connectivity index (χ1n) is 25.4. The Labute approximate surface area is 373 Å². The average Bonchev–Trinajstić information content (AvgIpc) is 3.18. The number of rotatable bonds is 45. The zero-order chi connectivity index (χ0) is 42.6. The van der Waals surface area contributed by atoms with E-state index in [-0.39, 0.29) is 36.6 Å². The molecule has 0 heterocycles. The lowest BCUT2D eigenvalue weighted by Gasteiger charge is -2.03. The Morgan fingerprint density at radius 1 is 0.224 bits per heavy atom. The summed E-state index contributed by atoms with van der Waals surface area (Å²) < 4.78 is 0. The van der Waals surface area contributed by atoms with Crippen LogP contribution in [0.1, 0.15) is 310 Å². The molecule has 0 rings (SSSR count). The van der Waals surface area contributed by atoms with E-state index in [0.29, 0.717) is 0 Å². The predicted molar refractivity (Wildman–Crippen MR) is 246 cm³/mol. The lowest BCUT2D eigenvalue weighted by atomic mass is 10.0. The molecule has 0 saturated carbocycles. The Hall–Kier alpha value is -1.06. The van der Waals surface area contributed by atoms with Crippen LogP contribution < -0.4 is 15.3 Å². The molecular weight excluding hydrogens is 736 g/mol. The average molecular weight is 835 g/mol. The number of carboxylic acids is 3. The first-order chi connectivity index (χ1) is 27.8. The summed E-state index contributed by atoms with van der Waals surface area (Å²) in [4.78, 5) is 30.6. The third kappa shape index (κ3) is 72.6. The van der Waals surface area contributed by atoms with Crippen LogP contribution in [0.25, 0.3) is 0 Å². The lowest BCUT2D eigenvalue weighted by Crippen LogP contribution is -2.21. The molecule has 0 aromatic rings. The molecule has 0 amide bonds. The van der Waals surface area contributed by atoms with E-state index in [2.05, 4.69) is 20.8 Å². The van der Waals surface area contributed by atoms with Crippen LogP contribution >= 0.6 is 0 Å². The van der Waals surface area contributed by atoms with Crippen molar-refractivity contribution < 1.29 is 29.7 Å². The molecule has 0 aliphatic carbocycles. The molecule has 58 heavy (non-hydrogen) atoms. The van der Waals surface area contributed by atoms with Crippen molar-refractivity contribution in [2.75, 3.05) is 0 Å². The Bertz CT molecular complexity index is 676. The summed E-state index contributed by atoms with van der Waals surface area (Å²) in [5.41, 5.74) is 0. The molecular formula is C51H99AlO6-3. The molecule has 0 bridgehead atoms. The third-order valence-electron chi connectivity index (χ3n) is 11.2. The summed E-state index contributed by atoms with van der Waals surface area (Å²) in [6.45, 7) is 6.79. The van der Waals surface area contributed by atoms with Crippen molar-refractivity contribution in [1.29, 1.82) is 0 Å². The predicted octanol–water partition coefficient (Wildman–Crippen LogP) is 13.4. The molecule has 3 radical (unpaired) electrons. The summed E-state index contributed by atoms with van der Waals surface area (Å²) in [7, 11) is 0. The normalized spacial score (nSPS) is 10.6. The fourth-order valence-corrected chi connectivity index (χ4v) is 7.39. The van der Waals surface area contributed by atoms with Crippen molar-refractivity contribution >= 4 is 35.3 Å². The van der Waals surface area contributed by atoms with Crippen molar-refractivity contribution in [1.82, 2.24) is 0 Å². The molecule has 0 spiro atoms. The molecule has 0 aliphatic heterocycles. The fourth-order valence-electron chi connectivity index (χ4n) is 7.39. The number of carbonyl (C=O) groups excluding carboxylic acids is 3. The fraction of sp³-hybridized carbons (Fsp3) is 0.941. The van der Waals surface area contributed by atoms with Gasteiger partial charge in [0, 0.05) is 35.3 Å². The van der Waals surface area contributed by atoms with E-state index in [1.807, 2.05) is 0 Å². The van der Waals surface area contributed by atoms with Crippen molar-refractivity contribution in [3.05, 3.63) is 0 Å². The molecule has 0 unspecified atom stereocenters. The first-order valence-corrected chi connectivity index (χ1v) is 25.4. The van der Waals surface area contributed by atoms with Gasteiger partial charge in [-0.25, -0.2) is 0 Å². The molecule has 7 heteroatoms. The molecule has 0 aromatic carbocycles. The second-order valence-corrected chi connectivity index (χ2v) is 17.2. The zero-order valence-corrected chi connectivity index (χ0v) is 40.5. The maximum absolute atomic E-state index is 10.2. The second-order valence-electron chi connectivity index (χ2n) is 17.2. The molecule has 345 valence electrons. The molecule has 0 N–H and O–H groups in total. The van der Waals surface area contributed by atoms with Gasteiger partial charge in [0.2, 0.25) is 0 Å². The van der Waals surface area contributed by atoms with Crippen molar-refractivity contribution in [2.24, 2.45) is 0 Å². The van der Waals surface area contributed by atoms with E-state index >= 15 is 0 Å². The topological polar surface area (TPSA) is 120 Å². The quantitative estimate of drug-likeness (QED) is 0.0445. The van der Waals surface area contributed by atoms with Gasteiger partial charge in [0.25, 0.3) is 0 Å². The van der Waals surface area contributed by atoms with Gasteiger partial charge in [-0.3, -0.25) is 0 Å². The van der Waals surface area contributed by atoms with E-state index in [9.17, 15) is 29.7 Å². The molecule has 0 fully saturated rings. The van der Waals surface area contributed by atoms with Gasteiger partial charge in [-0.05, 0) is 38.5 Å². The van der Waals surface area contributed by atoms with Crippen LogP contribution in [-0.2, 0) is 14.4 Å². The molecule has 0 aromatic heterocycles. The van der Waals surface area contributed by atoms with Gasteiger partial charge in [-0.15, -0.1) is 0 Å². The Kier molecular flexibility index (Phi) is 66.0. The molecule has 0 saturated heterocycles. The second kappa shape index (κ2) is 60.2. The lowest BCUT2D eigenvalue weighted by molar-refractivity contribution is -0.307. The largest absolute Gasteiger partial charge is 0.550 e. The van der Waals surface area contributed by atoms with Crippen LogP contribution in [0.15, 0.2) is 0 Å². The number of aliphatic carboxylic acids is 3. The Morgan fingerprint density at radius 2 is 0.328 bits per heavy atom. The van der Waals surface area contributed by atoms with E-state index in [1.54, 1.807) is 0 Å². The monoisotopic (exact) mass is 835 g/mol. The van der Waals surface area contributed by atoms with Gasteiger partial charge in [0.15, 0.2) is 0 Å². The smallest absolute Gasteiger partial charge is 0.0414 e. The van der Waals surface area contributed by atoms with Crippen LogP contribution in [0, 0.1) is 0 Å². The van der Waals surface area contributed by atoms with Crippen LogP contribution in [0.5, 0.6) is 0 Å². The van der Waals surface area contributed by atoms with Gasteiger partial charge < -0.3 is 29.7 Å². The molecule has 0 atom stereocenters.